The van der Waals surface area contributed by atoms with Crippen LogP contribution >= 0.6 is 0 Å². The number of nitrogens with two attached hydrogens (primary N) is 1. The van der Waals surface area contributed by atoms with Gasteiger partial charge in [-0.2, -0.15) is 4.98 Å². The third-order valence-electron chi connectivity index (χ3n) is 3.73. The lowest BCUT2D eigenvalue weighted by molar-refractivity contribution is 0.251. The Kier molecular flexibility index (Phi) is 3.29. The molecule has 0 spiro atoms. The zero-order valence-electron chi connectivity index (χ0n) is 10.9. The quantitative estimate of drug-likeness (QED) is 0.810. The predicted molar refractivity (Wildman–Crippen MR) is 75.1 cm³/mol. The van der Waals surface area contributed by atoms with E-state index < -0.39 is 0 Å². The fourth-order valence-corrected chi connectivity index (χ4v) is 2.67. The first-order valence-corrected chi connectivity index (χ1v) is 6.81. The summed E-state index contributed by atoms with van der Waals surface area (Å²) >= 11 is 0. The fourth-order valence-electron chi connectivity index (χ4n) is 2.67. The molecular weight excluding hydrogens is 242 g/mol. The SMILES string of the molecule is Nc1ccc2nc(N3CCCCCC3CO)oc2c1. The van der Waals surface area contributed by atoms with E-state index in [9.17, 15) is 5.11 Å². The molecule has 1 aromatic carbocycles. The maximum absolute atomic E-state index is 9.54. The number of anilines is 2. The summed E-state index contributed by atoms with van der Waals surface area (Å²) in [6.07, 6.45) is 4.43. The van der Waals surface area contributed by atoms with Gasteiger partial charge in [-0.3, -0.25) is 0 Å². The van der Waals surface area contributed by atoms with Crippen LogP contribution in [0.15, 0.2) is 22.6 Å². The normalized spacial score (nSPS) is 20.7. The minimum Gasteiger partial charge on any atom is -0.423 e. The van der Waals surface area contributed by atoms with E-state index in [-0.39, 0.29) is 12.6 Å². The van der Waals surface area contributed by atoms with Gasteiger partial charge in [0.1, 0.15) is 5.52 Å². The van der Waals surface area contributed by atoms with Crippen molar-refractivity contribution >= 4 is 22.8 Å². The largest absolute Gasteiger partial charge is 0.423 e. The molecule has 1 fully saturated rings. The molecule has 1 aliphatic heterocycles. The number of benzene rings is 1. The van der Waals surface area contributed by atoms with Crippen LogP contribution in [0.2, 0.25) is 0 Å². The number of hydrogen-bond acceptors (Lipinski definition) is 5. The summed E-state index contributed by atoms with van der Waals surface area (Å²) in [6.45, 7) is 1.02. The number of aromatic nitrogens is 1. The first-order chi connectivity index (χ1) is 9.28. The molecule has 0 radical (unpaired) electrons. The summed E-state index contributed by atoms with van der Waals surface area (Å²) in [4.78, 5) is 6.60. The van der Waals surface area contributed by atoms with Crippen molar-refractivity contribution in [3.63, 3.8) is 0 Å². The topological polar surface area (TPSA) is 75.5 Å². The van der Waals surface area contributed by atoms with Crippen LogP contribution in [0.4, 0.5) is 11.7 Å². The van der Waals surface area contributed by atoms with Gasteiger partial charge in [0.25, 0.3) is 6.01 Å². The Morgan fingerprint density at radius 3 is 3.11 bits per heavy atom. The molecule has 1 atom stereocenters. The minimum absolute atomic E-state index is 0.105. The van der Waals surface area contributed by atoms with E-state index in [1.165, 1.54) is 6.42 Å². The molecule has 1 unspecified atom stereocenters. The zero-order chi connectivity index (χ0) is 13.2. The maximum atomic E-state index is 9.54. The minimum atomic E-state index is 0.105. The number of rotatable bonds is 2. The Hall–Kier alpha value is -1.75. The summed E-state index contributed by atoms with van der Waals surface area (Å²) in [5.74, 6) is 0. The van der Waals surface area contributed by atoms with E-state index in [1.807, 2.05) is 12.1 Å². The van der Waals surface area contributed by atoms with Crippen molar-refractivity contribution in [3.05, 3.63) is 18.2 Å². The Morgan fingerprint density at radius 2 is 2.26 bits per heavy atom. The van der Waals surface area contributed by atoms with Gasteiger partial charge >= 0.3 is 0 Å². The highest BCUT2D eigenvalue weighted by Crippen LogP contribution is 2.28. The molecule has 0 amide bonds. The van der Waals surface area contributed by atoms with Crippen molar-refractivity contribution < 1.29 is 9.52 Å². The van der Waals surface area contributed by atoms with Crippen LogP contribution in [-0.4, -0.2) is 29.3 Å². The maximum Gasteiger partial charge on any atom is 0.298 e. The summed E-state index contributed by atoms with van der Waals surface area (Å²) in [6, 6.07) is 6.18. The molecule has 2 aromatic rings. The highest BCUT2D eigenvalue weighted by molar-refractivity contribution is 5.78. The third-order valence-corrected chi connectivity index (χ3v) is 3.73. The molecule has 1 aliphatic rings. The molecule has 3 N–H and O–H groups in total. The monoisotopic (exact) mass is 261 g/mol. The van der Waals surface area contributed by atoms with Crippen molar-refractivity contribution in [1.29, 1.82) is 0 Å². The van der Waals surface area contributed by atoms with Crippen LogP contribution < -0.4 is 10.6 Å². The summed E-state index contributed by atoms with van der Waals surface area (Å²) in [7, 11) is 0. The van der Waals surface area contributed by atoms with Crippen molar-refractivity contribution in [1.82, 2.24) is 4.98 Å². The second-order valence-electron chi connectivity index (χ2n) is 5.10. The van der Waals surface area contributed by atoms with Gasteiger partial charge in [-0.25, -0.2) is 0 Å². The van der Waals surface area contributed by atoms with Crippen molar-refractivity contribution in [2.45, 2.75) is 31.7 Å². The van der Waals surface area contributed by atoms with E-state index in [0.717, 1.165) is 31.3 Å². The van der Waals surface area contributed by atoms with Gasteiger partial charge < -0.3 is 20.2 Å². The van der Waals surface area contributed by atoms with E-state index in [1.54, 1.807) is 6.07 Å². The Bertz CT molecular complexity index is 567. The van der Waals surface area contributed by atoms with Gasteiger partial charge in [0.2, 0.25) is 0 Å². The average Bonchev–Trinajstić information content (AvgIpc) is 2.67. The number of aliphatic hydroxyl groups excluding tert-OH is 1. The zero-order valence-corrected chi connectivity index (χ0v) is 10.9. The van der Waals surface area contributed by atoms with Gasteiger partial charge in [-0.1, -0.05) is 12.8 Å². The molecule has 1 saturated heterocycles. The Morgan fingerprint density at radius 1 is 1.37 bits per heavy atom. The molecule has 5 heteroatoms. The Labute approximate surface area is 112 Å². The molecule has 2 heterocycles. The smallest absolute Gasteiger partial charge is 0.298 e. The number of fused-ring (bicyclic) bond motifs is 1. The second-order valence-corrected chi connectivity index (χ2v) is 5.10. The molecule has 0 bridgehead atoms. The standard InChI is InChI=1S/C14H19N3O2/c15-10-5-6-12-13(8-10)19-14(16-12)17-7-3-1-2-4-11(17)9-18/h5-6,8,11,18H,1-4,7,9,15H2. The van der Waals surface area contributed by atoms with Gasteiger partial charge in [0, 0.05) is 18.3 Å². The van der Waals surface area contributed by atoms with Crippen LogP contribution in [-0.2, 0) is 0 Å². The van der Waals surface area contributed by atoms with Crippen molar-refractivity contribution in [3.8, 4) is 0 Å². The van der Waals surface area contributed by atoms with Crippen LogP contribution in [0, 0.1) is 0 Å². The summed E-state index contributed by atoms with van der Waals surface area (Å²) in [5, 5.41) is 9.54. The van der Waals surface area contributed by atoms with Crippen molar-refractivity contribution in [2.75, 3.05) is 23.8 Å². The van der Waals surface area contributed by atoms with Crippen LogP contribution in [0.25, 0.3) is 11.1 Å². The second kappa shape index (κ2) is 5.09. The molecule has 102 valence electrons. The number of oxazole rings is 1. The highest BCUT2D eigenvalue weighted by atomic mass is 16.4. The van der Waals surface area contributed by atoms with Crippen LogP contribution in [0.1, 0.15) is 25.7 Å². The Balaban J connectivity index is 1.96. The first-order valence-electron chi connectivity index (χ1n) is 6.81. The number of hydrogen-bond donors (Lipinski definition) is 2. The lowest BCUT2D eigenvalue weighted by atomic mass is 10.1. The lowest BCUT2D eigenvalue weighted by Gasteiger charge is -2.26. The van der Waals surface area contributed by atoms with Crippen molar-refractivity contribution in [2.24, 2.45) is 0 Å². The first kappa shape index (κ1) is 12.3. The van der Waals surface area contributed by atoms with E-state index in [0.29, 0.717) is 17.3 Å². The third kappa shape index (κ3) is 2.38. The van der Waals surface area contributed by atoms with Gasteiger partial charge in [-0.05, 0) is 25.0 Å². The van der Waals surface area contributed by atoms with Crippen LogP contribution in [0.3, 0.4) is 0 Å². The van der Waals surface area contributed by atoms with Gasteiger partial charge in [0.15, 0.2) is 5.58 Å². The van der Waals surface area contributed by atoms with Crippen LogP contribution in [0.5, 0.6) is 0 Å². The average molecular weight is 261 g/mol. The lowest BCUT2D eigenvalue weighted by Crippen LogP contribution is -2.37. The number of nitrogen functional groups attached to an aromatic ring is 1. The van der Waals surface area contributed by atoms with Gasteiger partial charge in [-0.15, -0.1) is 0 Å². The number of nitrogens with zero attached hydrogens (tertiary/aromatic N) is 2. The predicted octanol–water partition coefficient (Wildman–Crippen LogP) is 2.15. The highest BCUT2D eigenvalue weighted by Gasteiger charge is 2.24. The van der Waals surface area contributed by atoms with E-state index >= 15 is 0 Å². The molecule has 1 aromatic heterocycles. The molecule has 3 rings (SSSR count). The van der Waals surface area contributed by atoms with E-state index in [2.05, 4.69) is 9.88 Å². The summed E-state index contributed by atoms with van der Waals surface area (Å²) < 4.78 is 5.80. The van der Waals surface area contributed by atoms with Gasteiger partial charge in [0.05, 0.1) is 12.6 Å². The molecule has 5 nitrogen and oxygen atoms in total. The molecule has 19 heavy (non-hydrogen) atoms. The molecule has 0 saturated carbocycles. The number of aliphatic hydroxyl groups is 1. The van der Waals surface area contributed by atoms with E-state index in [4.69, 9.17) is 10.2 Å². The molecular formula is C14H19N3O2. The summed E-state index contributed by atoms with van der Waals surface area (Å²) in [5.41, 5.74) is 7.93. The molecule has 0 aliphatic carbocycles. The fraction of sp³-hybridized carbons (Fsp3) is 0.500.